The van der Waals surface area contributed by atoms with Gasteiger partial charge in [0.05, 0.1) is 5.60 Å². The first-order chi connectivity index (χ1) is 9.58. The number of hydrogen-bond acceptors (Lipinski definition) is 6. The lowest BCUT2D eigenvalue weighted by molar-refractivity contribution is -0.135. The van der Waals surface area contributed by atoms with Crippen molar-refractivity contribution in [3.63, 3.8) is 0 Å². The van der Waals surface area contributed by atoms with Crippen molar-refractivity contribution in [1.29, 1.82) is 0 Å². The van der Waals surface area contributed by atoms with Gasteiger partial charge < -0.3 is 14.2 Å². The number of carbonyl (C=O) groups is 3. The second-order valence-electron chi connectivity index (χ2n) is 5.80. The minimum atomic E-state index is -1.25. The molecule has 0 bridgehead atoms. The lowest BCUT2D eigenvalue weighted by atomic mass is 9.99. The lowest BCUT2D eigenvalue weighted by Crippen LogP contribution is -2.31. The van der Waals surface area contributed by atoms with Crippen molar-refractivity contribution in [2.75, 3.05) is 6.61 Å². The molecule has 0 amide bonds. The summed E-state index contributed by atoms with van der Waals surface area (Å²) in [6.45, 7) is 0.766. The zero-order valence-electron chi connectivity index (χ0n) is 11.3. The molecule has 6 heteroatoms. The number of hydrogen-bond donors (Lipinski definition) is 0. The minimum Gasteiger partial charge on any atom is -0.431 e. The molecule has 110 valence electrons. The maximum absolute atomic E-state index is 11.7. The molecule has 6 nitrogen and oxygen atoms in total. The Balaban J connectivity index is 1.50. The maximum Gasteiger partial charge on any atom is 0.509 e. The van der Waals surface area contributed by atoms with E-state index in [1.54, 1.807) is 0 Å². The van der Waals surface area contributed by atoms with Crippen LogP contribution >= 0.6 is 0 Å². The largest absolute Gasteiger partial charge is 0.509 e. The van der Waals surface area contributed by atoms with E-state index in [2.05, 4.69) is 0 Å². The average molecular weight is 282 g/mol. The van der Waals surface area contributed by atoms with Crippen LogP contribution in [0.2, 0.25) is 0 Å². The molecular formula is C14H18O6. The zero-order valence-corrected chi connectivity index (χ0v) is 11.3. The van der Waals surface area contributed by atoms with Crippen molar-refractivity contribution >= 4 is 17.7 Å². The van der Waals surface area contributed by atoms with Crippen LogP contribution in [0, 0.1) is 0 Å². The van der Waals surface area contributed by atoms with Gasteiger partial charge in [-0.3, -0.25) is 9.59 Å². The van der Waals surface area contributed by atoms with Crippen molar-refractivity contribution in [2.24, 2.45) is 0 Å². The van der Waals surface area contributed by atoms with Gasteiger partial charge in [0.1, 0.15) is 6.10 Å². The van der Waals surface area contributed by atoms with Crippen LogP contribution in [-0.2, 0) is 23.8 Å². The van der Waals surface area contributed by atoms with E-state index in [4.69, 9.17) is 14.2 Å². The smallest absolute Gasteiger partial charge is 0.431 e. The fourth-order valence-electron chi connectivity index (χ4n) is 3.34. The first kappa shape index (κ1) is 13.5. The zero-order chi connectivity index (χ0) is 14.2. The first-order valence-electron chi connectivity index (χ1n) is 7.15. The molecule has 1 saturated heterocycles. The Morgan fingerprint density at radius 2 is 1.90 bits per heavy atom. The highest BCUT2D eigenvalue weighted by Gasteiger charge is 2.44. The fourth-order valence-corrected chi connectivity index (χ4v) is 3.34. The normalized spacial score (nSPS) is 34.1. The Morgan fingerprint density at radius 1 is 1.15 bits per heavy atom. The van der Waals surface area contributed by atoms with Crippen LogP contribution in [-0.4, -0.2) is 42.1 Å². The second-order valence-corrected chi connectivity index (χ2v) is 5.80. The van der Waals surface area contributed by atoms with E-state index in [9.17, 15) is 14.4 Å². The Morgan fingerprint density at radius 3 is 2.55 bits per heavy atom. The standard InChI is InChI=1S/C14H18O6/c15-10-2-3-11(16)12(10)20-13(17)19-9-4-6-14(8-9)5-1-7-18-14/h9,12H,1-8H2/t9?,14-/m1/s1. The van der Waals surface area contributed by atoms with Gasteiger partial charge in [0, 0.05) is 25.9 Å². The van der Waals surface area contributed by atoms with Crippen molar-refractivity contribution in [3.05, 3.63) is 0 Å². The van der Waals surface area contributed by atoms with Gasteiger partial charge in [-0.2, -0.15) is 0 Å². The van der Waals surface area contributed by atoms with Gasteiger partial charge in [-0.25, -0.2) is 4.79 Å². The van der Waals surface area contributed by atoms with Crippen LogP contribution in [0.4, 0.5) is 4.79 Å². The minimum absolute atomic E-state index is 0.135. The Kier molecular flexibility index (Phi) is 3.50. The molecule has 3 fully saturated rings. The molecule has 3 rings (SSSR count). The van der Waals surface area contributed by atoms with E-state index in [1.165, 1.54) is 0 Å². The Bertz CT molecular complexity index is 421. The predicted molar refractivity (Wildman–Crippen MR) is 66.2 cm³/mol. The number of Topliss-reactive ketones (excluding diaryl/α,β-unsaturated/α-hetero) is 2. The Labute approximate surface area is 116 Å². The molecule has 1 unspecified atom stereocenters. The Hall–Kier alpha value is -1.43. The van der Waals surface area contributed by atoms with Crippen LogP contribution in [0.5, 0.6) is 0 Å². The topological polar surface area (TPSA) is 78.9 Å². The molecule has 2 atom stereocenters. The molecule has 3 aliphatic rings. The van der Waals surface area contributed by atoms with Crippen LogP contribution in [0.15, 0.2) is 0 Å². The van der Waals surface area contributed by atoms with E-state index in [0.29, 0.717) is 6.42 Å². The lowest BCUT2D eigenvalue weighted by Gasteiger charge is -2.22. The summed E-state index contributed by atoms with van der Waals surface area (Å²) in [5, 5.41) is 0. The summed E-state index contributed by atoms with van der Waals surface area (Å²) in [5.41, 5.74) is -0.135. The van der Waals surface area contributed by atoms with E-state index in [-0.39, 0.29) is 36.1 Å². The van der Waals surface area contributed by atoms with Crippen LogP contribution in [0.25, 0.3) is 0 Å². The molecule has 2 aliphatic carbocycles. The SMILES string of the molecule is O=C(OC1CC[C@]2(CCCO2)C1)OC1C(=O)CCC1=O. The molecule has 0 aromatic heterocycles. The number of carbonyl (C=O) groups excluding carboxylic acids is 3. The summed E-state index contributed by atoms with van der Waals surface area (Å²) in [6.07, 6.45) is 2.23. The molecule has 0 radical (unpaired) electrons. The average Bonchev–Trinajstić information content (AvgIpc) is 3.10. The van der Waals surface area contributed by atoms with Crippen LogP contribution < -0.4 is 0 Å². The maximum atomic E-state index is 11.7. The molecule has 1 spiro atoms. The van der Waals surface area contributed by atoms with Crippen molar-refractivity contribution < 1.29 is 28.6 Å². The van der Waals surface area contributed by atoms with Crippen LogP contribution in [0.3, 0.4) is 0 Å². The first-order valence-corrected chi connectivity index (χ1v) is 7.15. The molecule has 1 aliphatic heterocycles. The van der Waals surface area contributed by atoms with E-state index < -0.39 is 12.3 Å². The van der Waals surface area contributed by atoms with Gasteiger partial charge in [-0.05, 0) is 25.7 Å². The third kappa shape index (κ3) is 2.57. The van der Waals surface area contributed by atoms with Crippen molar-refractivity contribution in [1.82, 2.24) is 0 Å². The molecule has 0 aromatic carbocycles. The van der Waals surface area contributed by atoms with Gasteiger partial charge >= 0.3 is 6.16 Å². The van der Waals surface area contributed by atoms with Gasteiger partial charge in [0.2, 0.25) is 6.10 Å². The van der Waals surface area contributed by atoms with Gasteiger partial charge in [-0.1, -0.05) is 0 Å². The molecular weight excluding hydrogens is 264 g/mol. The predicted octanol–water partition coefficient (Wildman–Crippen LogP) is 1.54. The van der Waals surface area contributed by atoms with Crippen molar-refractivity contribution in [3.8, 4) is 0 Å². The third-order valence-corrected chi connectivity index (χ3v) is 4.39. The highest BCUT2D eigenvalue weighted by molar-refractivity contribution is 6.12. The number of ketones is 2. The summed E-state index contributed by atoms with van der Waals surface area (Å²) in [7, 11) is 0. The highest BCUT2D eigenvalue weighted by Crippen LogP contribution is 2.42. The van der Waals surface area contributed by atoms with Crippen molar-refractivity contribution in [2.45, 2.75) is 62.8 Å². The van der Waals surface area contributed by atoms with Gasteiger partial charge in [0.25, 0.3) is 0 Å². The summed E-state index contributed by atoms with van der Waals surface area (Å²) in [6, 6.07) is 0. The summed E-state index contributed by atoms with van der Waals surface area (Å²) >= 11 is 0. The third-order valence-electron chi connectivity index (χ3n) is 4.39. The molecule has 20 heavy (non-hydrogen) atoms. The highest BCUT2D eigenvalue weighted by atomic mass is 16.7. The molecule has 0 aromatic rings. The summed E-state index contributed by atoms with van der Waals surface area (Å²) in [4.78, 5) is 34.4. The van der Waals surface area contributed by atoms with E-state index in [1.807, 2.05) is 0 Å². The van der Waals surface area contributed by atoms with Gasteiger partial charge in [-0.15, -0.1) is 0 Å². The fraction of sp³-hybridized carbons (Fsp3) is 0.786. The monoisotopic (exact) mass is 282 g/mol. The van der Waals surface area contributed by atoms with E-state index in [0.717, 1.165) is 32.3 Å². The molecule has 2 saturated carbocycles. The van der Waals surface area contributed by atoms with Crippen LogP contribution in [0.1, 0.15) is 44.9 Å². The summed E-state index contributed by atoms with van der Waals surface area (Å²) in [5.74, 6) is -0.678. The quantitative estimate of drug-likeness (QED) is 0.564. The molecule has 0 N–H and O–H groups in total. The van der Waals surface area contributed by atoms with E-state index >= 15 is 0 Å². The number of ether oxygens (including phenoxy) is 3. The summed E-state index contributed by atoms with van der Waals surface area (Å²) < 4.78 is 15.8. The number of rotatable bonds is 2. The van der Waals surface area contributed by atoms with Gasteiger partial charge in [0.15, 0.2) is 11.6 Å². The second kappa shape index (κ2) is 5.16. The molecule has 1 heterocycles.